The molecule has 1 heterocycles. The molecule has 1 aliphatic rings. The topological polar surface area (TPSA) is 46.6 Å². The average molecular weight is 213 g/mol. The minimum Gasteiger partial charge on any atom is -0.467 e. The van der Waals surface area contributed by atoms with Crippen LogP contribution in [0.5, 0.6) is 0 Å². The maximum Gasteiger partial charge on any atom is 0.328 e. The molecule has 1 amide bonds. The van der Waals surface area contributed by atoms with Crippen LogP contribution in [0, 0.1) is 5.41 Å². The lowest BCUT2D eigenvalue weighted by molar-refractivity contribution is -0.153. The first-order valence-corrected chi connectivity index (χ1v) is 5.27. The minimum absolute atomic E-state index is 0.0235. The largest absolute Gasteiger partial charge is 0.467 e. The van der Waals surface area contributed by atoms with E-state index in [0.29, 0.717) is 13.0 Å². The number of ether oxygens (including phenoxy) is 1. The Labute approximate surface area is 90.6 Å². The summed E-state index contributed by atoms with van der Waals surface area (Å²) in [6.07, 6.45) is 1.59. The molecule has 86 valence electrons. The monoisotopic (exact) mass is 213 g/mol. The Morgan fingerprint density at radius 1 is 1.33 bits per heavy atom. The highest BCUT2D eigenvalue weighted by Gasteiger charge is 2.38. The van der Waals surface area contributed by atoms with Gasteiger partial charge in [0.25, 0.3) is 0 Å². The number of methoxy groups -OCH3 is 1. The van der Waals surface area contributed by atoms with Crippen LogP contribution in [-0.4, -0.2) is 36.5 Å². The molecular formula is C11H19NO3. The average Bonchev–Trinajstić information content (AvgIpc) is 2.62. The van der Waals surface area contributed by atoms with Gasteiger partial charge in [-0.25, -0.2) is 4.79 Å². The molecule has 0 aromatic heterocycles. The van der Waals surface area contributed by atoms with Crippen LogP contribution in [0.2, 0.25) is 0 Å². The molecule has 1 atom stereocenters. The summed E-state index contributed by atoms with van der Waals surface area (Å²) in [6.45, 7) is 6.25. The number of hydrogen-bond donors (Lipinski definition) is 0. The fraction of sp³-hybridized carbons (Fsp3) is 0.818. The number of likely N-dealkylation sites (tertiary alicyclic amines) is 1. The Morgan fingerprint density at radius 2 is 1.93 bits per heavy atom. The zero-order valence-electron chi connectivity index (χ0n) is 9.87. The van der Waals surface area contributed by atoms with E-state index in [1.807, 2.05) is 20.8 Å². The molecule has 1 fully saturated rings. The Bertz CT molecular complexity index is 267. The lowest BCUT2D eigenvalue weighted by Gasteiger charge is -2.29. The summed E-state index contributed by atoms with van der Waals surface area (Å²) in [5, 5.41) is 0. The maximum atomic E-state index is 12.0. The number of carbonyl (C=O) groups excluding carboxylic acids is 2. The third kappa shape index (κ3) is 2.49. The number of esters is 1. The van der Waals surface area contributed by atoms with E-state index in [4.69, 9.17) is 4.74 Å². The molecular weight excluding hydrogens is 194 g/mol. The van der Waals surface area contributed by atoms with Gasteiger partial charge in [-0.2, -0.15) is 0 Å². The summed E-state index contributed by atoms with van der Waals surface area (Å²) in [7, 11) is 1.36. The summed E-state index contributed by atoms with van der Waals surface area (Å²) < 4.78 is 4.69. The van der Waals surface area contributed by atoms with Gasteiger partial charge >= 0.3 is 5.97 Å². The third-order valence-corrected chi connectivity index (χ3v) is 2.63. The van der Waals surface area contributed by atoms with E-state index in [2.05, 4.69) is 0 Å². The summed E-state index contributed by atoms with van der Waals surface area (Å²) in [4.78, 5) is 25.1. The Morgan fingerprint density at radius 3 is 2.40 bits per heavy atom. The Kier molecular flexibility index (Phi) is 3.37. The second kappa shape index (κ2) is 4.21. The fourth-order valence-corrected chi connectivity index (χ4v) is 1.82. The van der Waals surface area contributed by atoms with E-state index in [1.165, 1.54) is 7.11 Å². The molecule has 0 saturated carbocycles. The summed E-state index contributed by atoms with van der Waals surface area (Å²) in [6, 6.07) is -0.373. The van der Waals surface area contributed by atoms with Crippen LogP contribution in [0.4, 0.5) is 0 Å². The smallest absolute Gasteiger partial charge is 0.328 e. The highest BCUT2D eigenvalue weighted by Crippen LogP contribution is 2.25. The second-order valence-electron chi connectivity index (χ2n) is 4.93. The van der Waals surface area contributed by atoms with Crippen LogP contribution >= 0.6 is 0 Å². The highest BCUT2D eigenvalue weighted by molar-refractivity contribution is 5.87. The van der Waals surface area contributed by atoms with E-state index in [0.717, 1.165) is 6.42 Å². The molecule has 0 radical (unpaired) electrons. The zero-order chi connectivity index (χ0) is 11.6. The van der Waals surface area contributed by atoms with Crippen LogP contribution in [0.15, 0.2) is 0 Å². The zero-order valence-corrected chi connectivity index (χ0v) is 9.87. The Balaban J connectivity index is 2.77. The van der Waals surface area contributed by atoms with Crippen molar-refractivity contribution in [2.75, 3.05) is 13.7 Å². The number of amides is 1. The van der Waals surface area contributed by atoms with Crippen LogP contribution in [0.25, 0.3) is 0 Å². The lowest BCUT2D eigenvalue weighted by Crippen LogP contribution is -2.46. The quantitative estimate of drug-likeness (QED) is 0.615. The molecule has 0 aromatic carbocycles. The molecule has 0 spiro atoms. The molecule has 0 aromatic rings. The predicted octanol–water partition coefficient (Wildman–Crippen LogP) is 1.20. The SMILES string of the molecule is COC(=O)[C@H]1CCCN1C(=O)C(C)(C)C. The van der Waals surface area contributed by atoms with Crippen molar-refractivity contribution < 1.29 is 14.3 Å². The number of rotatable bonds is 1. The van der Waals surface area contributed by atoms with Crippen molar-refractivity contribution in [1.29, 1.82) is 0 Å². The van der Waals surface area contributed by atoms with Crippen LogP contribution in [0.1, 0.15) is 33.6 Å². The van der Waals surface area contributed by atoms with Crippen molar-refractivity contribution in [3.63, 3.8) is 0 Å². The molecule has 0 N–H and O–H groups in total. The van der Waals surface area contributed by atoms with Gasteiger partial charge < -0.3 is 9.64 Å². The summed E-state index contributed by atoms with van der Waals surface area (Å²) in [5.74, 6) is -0.277. The molecule has 1 aliphatic heterocycles. The second-order valence-corrected chi connectivity index (χ2v) is 4.93. The highest BCUT2D eigenvalue weighted by atomic mass is 16.5. The van der Waals surface area contributed by atoms with Gasteiger partial charge in [-0.3, -0.25) is 4.79 Å². The first-order chi connectivity index (χ1) is 6.88. The number of nitrogens with zero attached hydrogens (tertiary/aromatic N) is 1. The fourth-order valence-electron chi connectivity index (χ4n) is 1.82. The molecule has 1 rings (SSSR count). The maximum absolute atomic E-state index is 12.0. The molecule has 1 saturated heterocycles. The van der Waals surface area contributed by atoms with E-state index in [9.17, 15) is 9.59 Å². The van der Waals surface area contributed by atoms with E-state index in [-0.39, 0.29) is 17.9 Å². The van der Waals surface area contributed by atoms with Gasteiger partial charge in [-0.1, -0.05) is 20.8 Å². The molecule has 0 aliphatic carbocycles. The van der Waals surface area contributed by atoms with Crippen LogP contribution < -0.4 is 0 Å². The van der Waals surface area contributed by atoms with Gasteiger partial charge in [0.1, 0.15) is 6.04 Å². The summed E-state index contributed by atoms with van der Waals surface area (Å²) in [5.41, 5.74) is -0.434. The van der Waals surface area contributed by atoms with E-state index < -0.39 is 5.41 Å². The molecule has 4 nitrogen and oxygen atoms in total. The number of carbonyl (C=O) groups is 2. The van der Waals surface area contributed by atoms with Crippen molar-refractivity contribution in [3.05, 3.63) is 0 Å². The first kappa shape index (κ1) is 12.0. The van der Waals surface area contributed by atoms with Crippen molar-refractivity contribution in [2.45, 2.75) is 39.7 Å². The standard InChI is InChI=1S/C11H19NO3/c1-11(2,3)10(14)12-7-5-6-8(12)9(13)15-4/h8H,5-7H2,1-4H3/t8-/m1/s1. The van der Waals surface area contributed by atoms with Gasteiger partial charge in [0, 0.05) is 12.0 Å². The van der Waals surface area contributed by atoms with Gasteiger partial charge in [-0.05, 0) is 12.8 Å². The molecule has 15 heavy (non-hydrogen) atoms. The summed E-state index contributed by atoms with van der Waals surface area (Å²) >= 11 is 0. The first-order valence-electron chi connectivity index (χ1n) is 5.27. The van der Waals surface area contributed by atoms with E-state index in [1.54, 1.807) is 4.90 Å². The third-order valence-electron chi connectivity index (χ3n) is 2.63. The van der Waals surface area contributed by atoms with Crippen molar-refractivity contribution in [3.8, 4) is 0 Å². The molecule has 0 unspecified atom stereocenters. The molecule has 4 heteroatoms. The minimum atomic E-state index is -0.434. The van der Waals surface area contributed by atoms with E-state index >= 15 is 0 Å². The lowest BCUT2D eigenvalue weighted by atomic mass is 9.94. The normalized spacial score (nSPS) is 21.6. The van der Waals surface area contributed by atoms with Crippen molar-refractivity contribution in [1.82, 2.24) is 4.90 Å². The predicted molar refractivity (Wildman–Crippen MR) is 56.2 cm³/mol. The van der Waals surface area contributed by atoms with Crippen LogP contribution in [-0.2, 0) is 14.3 Å². The van der Waals surface area contributed by atoms with Gasteiger partial charge in [-0.15, -0.1) is 0 Å². The van der Waals surface area contributed by atoms with Gasteiger partial charge in [0.2, 0.25) is 5.91 Å². The van der Waals surface area contributed by atoms with Crippen LogP contribution in [0.3, 0.4) is 0 Å². The number of hydrogen-bond acceptors (Lipinski definition) is 3. The molecule has 0 bridgehead atoms. The van der Waals surface area contributed by atoms with Crippen molar-refractivity contribution in [2.24, 2.45) is 5.41 Å². The van der Waals surface area contributed by atoms with Gasteiger partial charge in [0.15, 0.2) is 0 Å². The Hall–Kier alpha value is -1.06. The van der Waals surface area contributed by atoms with Crippen molar-refractivity contribution >= 4 is 11.9 Å². The van der Waals surface area contributed by atoms with Gasteiger partial charge in [0.05, 0.1) is 7.11 Å².